The normalized spacial score (nSPS) is 10.8. The van der Waals surface area contributed by atoms with Gasteiger partial charge in [0.15, 0.2) is 0 Å². The molecule has 0 heterocycles. The Morgan fingerprint density at radius 1 is 1.21 bits per heavy atom. The lowest BCUT2D eigenvalue weighted by molar-refractivity contribution is 0.0621. The predicted molar refractivity (Wildman–Crippen MR) is 78.4 cm³/mol. The molecule has 0 atom stereocenters. The summed E-state index contributed by atoms with van der Waals surface area (Å²) in [5.74, 6) is 0.0401. The topological polar surface area (TPSA) is 40.5 Å². The Hall–Kier alpha value is -1.35. The first-order valence-corrected chi connectivity index (χ1v) is 7.04. The minimum absolute atomic E-state index is 0.00711. The first-order valence-electron chi connectivity index (χ1n) is 7.04. The lowest BCUT2D eigenvalue weighted by Gasteiger charge is -2.31. The molecule has 0 aromatic heterocycles. The molecule has 0 unspecified atom stereocenters. The van der Waals surface area contributed by atoms with E-state index in [-0.39, 0.29) is 18.6 Å². The lowest BCUT2D eigenvalue weighted by Crippen LogP contribution is -2.42. The molecule has 1 N–H and O–H groups in total. The van der Waals surface area contributed by atoms with Crippen molar-refractivity contribution in [3.05, 3.63) is 34.9 Å². The minimum Gasteiger partial charge on any atom is -0.395 e. The fourth-order valence-electron chi connectivity index (χ4n) is 2.58. The van der Waals surface area contributed by atoms with Gasteiger partial charge in [0, 0.05) is 18.2 Å². The number of aryl methyl sites for hydroxylation is 2. The smallest absolute Gasteiger partial charge is 0.254 e. The van der Waals surface area contributed by atoms with E-state index in [4.69, 9.17) is 0 Å². The van der Waals surface area contributed by atoms with Crippen molar-refractivity contribution in [3.63, 3.8) is 0 Å². The predicted octanol–water partition coefficient (Wildman–Crippen LogP) is 2.93. The fraction of sp³-hybridized carbons (Fsp3) is 0.562. The summed E-state index contributed by atoms with van der Waals surface area (Å²) >= 11 is 0. The van der Waals surface area contributed by atoms with Gasteiger partial charge >= 0.3 is 0 Å². The third-order valence-electron chi connectivity index (χ3n) is 3.68. The summed E-state index contributed by atoms with van der Waals surface area (Å²) in [5.41, 5.74) is 2.78. The number of benzene rings is 1. The van der Waals surface area contributed by atoms with E-state index in [0.29, 0.717) is 6.54 Å². The minimum atomic E-state index is 0.00711. The molecule has 0 saturated carbocycles. The fourth-order valence-corrected chi connectivity index (χ4v) is 2.58. The van der Waals surface area contributed by atoms with Gasteiger partial charge in [-0.25, -0.2) is 0 Å². The Morgan fingerprint density at radius 3 is 2.16 bits per heavy atom. The molecule has 0 aliphatic rings. The van der Waals surface area contributed by atoms with Crippen molar-refractivity contribution in [3.8, 4) is 0 Å². The molecule has 0 saturated heterocycles. The van der Waals surface area contributed by atoms with Gasteiger partial charge in [-0.1, -0.05) is 32.0 Å². The van der Waals surface area contributed by atoms with E-state index in [0.717, 1.165) is 29.5 Å². The molecule has 0 aliphatic carbocycles. The Balaban J connectivity index is 3.12. The molecule has 0 radical (unpaired) electrons. The molecule has 0 spiro atoms. The van der Waals surface area contributed by atoms with Crippen molar-refractivity contribution >= 4 is 5.91 Å². The summed E-state index contributed by atoms with van der Waals surface area (Å²) in [4.78, 5) is 14.6. The SMILES string of the molecule is CCC(CC)N(CCO)C(=O)c1c(C)cccc1C. The van der Waals surface area contributed by atoms with Crippen molar-refractivity contribution in [1.29, 1.82) is 0 Å². The monoisotopic (exact) mass is 263 g/mol. The molecule has 3 heteroatoms. The average molecular weight is 263 g/mol. The van der Waals surface area contributed by atoms with Crippen LogP contribution in [-0.4, -0.2) is 35.1 Å². The van der Waals surface area contributed by atoms with Crippen molar-refractivity contribution in [2.75, 3.05) is 13.2 Å². The van der Waals surface area contributed by atoms with Crippen molar-refractivity contribution in [2.24, 2.45) is 0 Å². The molecular formula is C16H25NO2. The van der Waals surface area contributed by atoms with Crippen LogP contribution in [-0.2, 0) is 0 Å². The maximum atomic E-state index is 12.8. The van der Waals surface area contributed by atoms with Gasteiger partial charge in [-0.05, 0) is 37.8 Å². The molecule has 0 bridgehead atoms. The third-order valence-corrected chi connectivity index (χ3v) is 3.68. The van der Waals surface area contributed by atoms with Crippen LogP contribution >= 0.6 is 0 Å². The highest BCUT2D eigenvalue weighted by Gasteiger charge is 2.24. The maximum Gasteiger partial charge on any atom is 0.254 e. The van der Waals surface area contributed by atoms with E-state index in [1.165, 1.54) is 0 Å². The van der Waals surface area contributed by atoms with E-state index >= 15 is 0 Å². The van der Waals surface area contributed by atoms with Crippen LogP contribution < -0.4 is 0 Å². The summed E-state index contributed by atoms with van der Waals surface area (Å²) in [7, 11) is 0. The molecule has 1 rings (SSSR count). The zero-order valence-electron chi connectivity index (χ0n) is 12.4. The van der Waals surface area contributed by atoms with Gasteiger partial charge < -0.3 is 10.0 Å². The summed E-state index contributed by atoms with van der Waals surface area (Å²) in [6, 6.07) is 6.09. The Labute approximate surface area is 116 Å². The summed E-state index contributed by atoms with van der Waals surface area (Å²) in [6.07, 6.45) is 1.82. The van der Waals surface area contributed by atoms with Gasteiger partial charge in [-0.15, -0.1) is 0 Å². The van der Waals surface area contributed by atoms with Crippen LogP contribution in [0.1, 0.15) is 48.2 Å². The Kier molecular flexibility index (Phi) is 6.03. The van der Waals surface area contributed by atoms with Crippen molar-refractivity contribution in [1.82, 2.24) is 4.90 Å². The van der Waals surface area contributed by atoms with Crippen LogP contribution in [0, 0.1) is 13.8 Å². The highest BCUT2D eigenvalue weighted by Crippen LogP contribution is 2.19. The second kappa shape index (κ2) is 7.29. The van der Waals surface area contributed by atoms with Crippen molar-refractivity contribution in [2.45, 2.75) is 46.6 Å². The number of carbonyl (C=O) groups excluding carboxylic acids is 1. The van der Waals surface area contributed by atoms with Gasteiger partial charge in [0.25, 0.3) is 5.91 Å². The molecule has 0 aliphatic heterocycles. The van der Waals surface area contributed by atoms with Gasteiger partial charge in [0.1, 0.15) is 0 Å². The molecule has 1 aromatic rings. The number of hydrogen-bond donors (Lipinski definition) is 1. The Bertz CT molecular complexity index is 405. The van der Waals surface area contributed by atoms with E-state index in [2.05, 4.69) is 13.8 Å². The van der Waals surface area contributed by atoms with E-state index < -0.39 is 0 Å². The molecular weight excluding hydrogens is 238 g/mol. The zero-order valence-corrected chi connectivity index (χ0v) is 12.4. The molecule has 0 fully saturated rings. The molecule has 106 valence electrons. The standard InChI is InChI=1S/C16H25NO2/c1-5-14(6-2)17(10-11-18)16(19)15-12(3)8-7-9-13(15)4/h7-9,14,18H,5-6,10-11H2,1-4H3. The number of rotatable bonds is 6. The zero-order chi connectivity index (χ0) is 14.4. The van der Waals surface area contributed by atoms with Crippen LogP contribution in [0.2, 0.25) is 0 Å². The first kappa shape index (κ1) is 15.7. The second-order valence-corrected chi connectivity index (χ2v) is 4.96. The quantitative estimate of drug-likeness (QED) is 0.857. The largest absolute Gasteiger partial charge is 0.395 e. The molecule has 19 heavy (non-hydrogen) atoms. The van der Waals surface area contributed by atoms with E-state index in [1.807, 2.05) is 36.9 Å². The van der Waals surface area contributed by atoms with Crippen molar-refractivity contribution < 1.29 is 9.90 Å². The summed E-state index contributed by atoms with van der Waals surface area (Å²) in [6.45, 7) is 8.49. The number of hydrogen-bond acceptors (Lipinski definition) is 2. The highest BCUT2D eigenvalue weighted by molar-refractivity contribution is 5.97. The number of aliphatic hydroxyl groups excluding tert-OH is 1. The maximum absolute atomic E-state index is 12.8. The average Bonchev–Trinajstić information content (AvgIpc) is 2.38. The van der Waals surface area contributed by atoms with Crippen LogP contribution in [0.5, 0.6) is 0 Å². The van der Waals surface area contributed by atoms with Gasteiger partial charge in [0.05, 0.1) is 6.61 Å². The van der Waals surface area contributed by atoms with Gasteiger partial charge in [0.2, 0.25) is 0 Å². The number of nitrogens with zero attached hydrogens (tertiary/aromatic N) is 1. The highest BCUT2D eigenvalue weighted by atomic mass is 16.3. The van der Waals surface area contributed by atoms with E-state index in [9.17, 15) is 9.90 Å². The molecule has 1 amide bonds. The lowest BCUT2D eigenvalue weighted by atomic mass is 10.00. The van der Waals surface area contributed by atoms with Crippen LogP contribution in [0.3, 0.4) is 0 Å². The van der Waals surface area contributed by atoms with Crippen LogP contribution in [0.4, 0.5) is 0 Å². The van der Waals surface area contributed by atoms with Gasteiger partial charge in [-0.2, -0.15) is 0 Å². The Morgan fingerprint density at radius 2 is 1.74 bits per heavy atom. The van der Waals surface area contributed by atoms with Gasteiger partial charge in [-0.3, -0.25) is 4.79 Å². The number of aliphatic hydroxyl groups is 1. The number of amides is 1. The third kappa shape index (κ3) is 3.57. The summed E-state index contributed by atoms with van der Waals surface area (Å²) in [5, 5.41) is 9.22. The molecule has 1 aromatic carbocycles. The summed E-state index contributed by atoms with van der Waals surface area (Å²) < 4.78 is 0. The van der Waals surface area contributed by atoms with Crippen LogP contribution in [0.15, 0.2) is 18.2 Å². The first-order chi connectivity index (χ1) is 9.06. The van der Waals surface area contributed by atoms with E-state index in [1.54, 1.807) is 0 Å². The second-order valence-electron chi connectivity index (χ2n) is 4.96. The van der Waals surface area contributed by atoms with Crippen LogP contribution in [0.25, 0.3) is 0 Å². The number of carbonyl (C=O) groups is 1. The molecule has 3 nitrogen and oxygen atoms in total.